The van der Waals surface area contributed by atoms with Crippen molar-refractivity contribution in [1.82, 2.24) is 14.5 Å². The minimum Gasteiger partial charge on any atom is -0.462 e. The molecular weight excluding hydrogens is 420 g/mol. The molecule has 164 valence electrons. The van der Waals surface area contributed by atoms with Crippen LogP contribution in [-0.2, 0) is 4.74 Å². The lowest BCUT2D eigenvalue weighted by Crippen LogP contribution is -2.17. The molecule has 8 heteroatoms. The van der Waals surface area contributed by atoms with E-state index in [2.05, 4.69) is 5.32 Å². The molecule has 0 radical (unpaired) electrons. The summed E-state index contributed by atoms with van der Waals surface area (Å²) in [5.41, 5.74) is 3.96. The van der Waals surface area contributed by atoms with Crippen molar-refractivity contribution in [1.29, 1.82) is 0 Å². The van der Waals surface area contributed by atoms with E-state index < -0.39 is 11.9 Å². The Morgan fingerprint density at radius 1 is 1.00 bits per heavy atom. The summed E-state index contributed by atoms with van der Waals surface area (Å²) in [5.74, 6) is -0.792. The van der Waals surface area contributed by atoms with Crippen molar-refractivity contribution in [3.8, 4) is 5.69 Å². The summed E-state index contributed by atoms with van der Waals surface area (Å²) < 4.78 is 12.3. The van der Waals surface area contributed by atoms with Crippen LogP contribution in [0.2, 0.25) is 0 Å². The normalized spacial score (nSPS) is 11.1. The molecule has 0 aliphatic rings. The lowest BCUT2D eigenvalue weighted by Gasteiger charge is -2.12. The fourth-order valence-electron chi connectivity index (χ4n) is 3.68. The van der Waals surface area contributed by atoms with Gasteiger partial charge in [0, 0.05) is 5.69 Å². The van der Waals surface area contributed by atoms with Crippen molar-refractivity contribution in [2.45, 2.75) is 13.8 Å². The van der Waals surface area contributed by atoms with Crippen LogP contribution >= 0.6 is 0 Å². The van der Waals surface area contributed by atoms with E-state index in [-0.39, 0.29) is 23.7 Å². The van der Waals surface area contributed by atoms with Gasteiger partial charge in [0.1, 0.15) is 16.9 Å². The molecule has 0 aliphatic carbocycles. The average molecular weight is 440 g/mol. The summed E-state index contributed by atoms with van der Waals surface area (Å²) >= 11 is 0. The van der Waals surface area contributed by atoms with E-state index >= 15 is 0 Å². The molecule has 5 rings (SSSR count). The number of nitrogens with zero attached hydrogens (tertiary/aromatic N) is 3. The van der Waals surface area contributed by atoms with Gasteiger partial charge in [0.25, 0.3) is 5.91 Å². The summed E-state index contributed by atoms with van der Waals surface area (Å²) in [6, 6.07) is 18.2. The Labute approximate surface area is 188 Å². The van der Waals surface area contributed by atoms with Crippen LogP contribution in [0, 0.1) is 6.92 Å². The average Bonchev–Trinajstić information content (AvgIpc) is 3.45. The van der Waals surface area contributed by atoms with E-state index in [9.17, 15) is 9.59 Å². The van der Waals surface area contributed by atoms with Crippen LogP contribution in [0.4, 0.5) is 5.82 Å². The van der Waals surface area contributed by atoms with Crippen LogP contribution in [0.3, 0.4) is 0 Å². The number of aryl methyl sites for hydroxylation is 1. The van der Waals surface area contributed by atoms with Gasteiger partial charge in [0.15, 0.2) is 11.4 Å². The molecule has 0 spiro atoms. The molecule has 1 amide bonds. The Bertz CT molecular complexity index is 1480. The van der Waals surface area contributed by atoms with Crippen molar-refractivity contribution in [2.75, 3.05) is 11.9 Å². The monoisotopic (exact) mass is 440 g/mol. The van der Waals surface area contributed by atoms with E-state index in [0.717, 1.165) is 5.56 Å². The second kappa shape index (κ2) is 8.23. The summed E-state index contributed by atoms with van der Waals surface area (Å²) in [5, 5.41) is 2.83. The number of amides is 1. The Hall–Kier alpha value is -4.46. The zero-order valence-electron chi connectivity index (χ0n) is 18.0. The van der Waals surface area contributed by atoms with Crippen molar-refractivity contribution in [3.63, 3.8) is 0 Å². The Morgan fingerprint density at radius 2 is 1.73 bits per heavy atom. The number of fused-ring (bicyclic) bond motifs is 2. The quantitative estimate of drug-likeness (QED) is 0.390. The molecule has 2 aromatic carbocycles. The van der Waals surface area contributed by atoms with Gasteiger partial charge in [-0.2, -0.15) is 0 Å². The molecule has 3 aromatic heterocycles. The van der Waals surface area contributed by atoms with Crippen LogP contribution in [0.5, 0.6) is 0 Å². The molecule has 0 unspecified atom stereocenters. The van der Waals surface area contributed by atoms with Crippen molar-refractivity contribution < 1.29 is 18.7 Å². The first-order chi connectivity index (χ1) is 16.1. The highest BCUT2D eigenvalue weighted by Gasteiger charge is 2.29. The van der Waals surface area contributed by atoms with Gasteiger partial charge in [-0.1, -0.05) is 29.8 Å². The molecule has 0 aliphatic heterocycles. The van der Waals surface area contributed by atoms with Gasteiger partial charge in [-0.25, -0.2) is 14.8 Å². The van der Waals surface area contributed by atoms with Gasteiger partial charge in [0.2, 0.25) is 0 Å². The summed E-state index contributed by atoms with van der Waals surface area (Å²) in [6.07, 6.45) is 1.41. The van der Waals surface area contributed by atoms with Crippen LogP contribution in [0.15, 0.2) is 71.3 Å². The molecule has 33 heavy (non-hydrogen) atoms. The van der Waals surface area contributed by atoms with E-state index in [4.69, 9.17) is 19.1 Å². The first-order valence-electron chi connectivity index (χ1n) is 10.5. The van der Waals surface area contributed by atoms with Gasteiger partial charge in [-0.15, -0.1) is 0 Å². The number of hydrogen-bond acceptors (Lipinski definition) is 6. The van der Waals surface area contributed by atoms with Crippen LogP contribution in [0.25, 0.3) is 27.9 Å². The second-order valence-corrected chi connectivity index (χ2v) is 7.43. The number of para-hydroxylation sites is 2. The Balaban J connectivity index is 1.84. The maximum Gasteiger partial charge on any atom is 0.344 e. The fraction of sp³-hybridized carbons (Fsp3) is 0.120. The topological polar surface area (TPSA) is 99.2 Å². The van der Waals surface area contributed by atoms with Crippen molar-refractivity contribution in [2.24, 2.45) is 0 Å². The number of esters is 1. The van der Waals surface area contributed by atoms with Crippen LogP contribution in [-0.4, -0.2) is 33.0 Å². The maximum atomic E-state index is 13.1. The molecule has 0 atom stereocenters. The molecule has 0 bridgehead atoms. The second-order valence-electron chi connectivity index (χ2n) is 7.43. The molecule has 5 aromatic rings. The van der Waals surface area contributed by atoms with E-state index in [1.54, 1.807) is 23.6 Å². The summed E-state index contributed by atoms with van der Waals surface area (Å²) in [6.45, 7) is 3.87. The van der Waals surface area contributed by atoms with Gasteiger partial charge >= 0.3 is 5.97 Å². The third-order valence-electron chi connectivity index (χ3n) is 5.21. The number of rotatable bonds is 5. The van der Waals surface area contributed by atoms with E-state index in [0.29, 0.717) is 27.9 Å². The number of anilines is 1. The number of hydrogen-bond donors (Lipinski definition) is 1. The highest BCUT2D eigenvalue weighted by Crippen LogP contribution is 2.34. The van der Waals surface area contributed by atoms with Crippen LogP contribution < -0.4 is 5.32 Å². The number of aromatic nitrogens is 3. The molecule has 0 saturated heterocycles. The highest BCUT2D eigenvalue weighted by atomic mass is 16.5. The molecule has 0 fully saturated rings. The maximum absolute atomic E-state index is 13.1. The van der Waals surface area contributed by atoms with Gasteiger partial charge in [-0.05, 0) is 50.2 Å². The van der Waals surface area contributed by atoms with E-state index in [1.165, 1.54) is 6.26 Å². The Kier molecular flexibility index (Phi) is 5.10. The number of carbonyl (C=O) groups is 2. The zero-order chi connectivity index (χ0) is 22.9. The summed E-state index contributed by atoms with van der Waals surface area (Å²) in [7, 11) is 0. The first-order valence-corrected chi connectivity index (χ1v) is 10.5. The lowest BCUT2D eigenvalue weighted by molar-refractivity contribution is 0.0529. The molecule has 1 N–H and O–H groups in total. The SMILES string of the molecule is CCOC(=O)c1c(NC(=O)c2ccco2)n(-c2ccc(C)cc2)c2nc3ccccc3nc12. The standard InChI is InChI=1S/C25H20N4O4/c1-3-32-25(31)20-21-23(27-18-8-5-4-7-17(18)26-21)29(16-12-10-15(2)11-13-16)22(20)28-24(30)19-9-6-14-33-19/h4-14H,3H2,1-2H3,(H,28,30). The number of carbonyl (C=O) groups excluding carboxylic acids is 2. The van der Waals surface area contributed by atoms with Crippen LogP contribution in [0.1, 0.15) is 33.4 Å². The molecule has 3 heterocycles. The summed E-state index contributed by atoms with van der Waals surface area (Å²) in [4.78, 5) is 35.6. The fourth-order valence-corrected chi connectivity index (χ4v) is 3.68. The smallest absolute Gasteiger partial charge is 0.344 e. The zero-order valence-corrected chi connectivity index (χ0v) is 18.0. The minimum absolute atomic E-state index is 0.108. The number of furan rings is 1. The predicted molar refractivity (Wildman–Crippen MR) is 124 cm³/mol. The third kappa shape index (κ3) is 3.61. The van der Waals surface area contributed by atoms with Crippen molar-refractivity contribution >= 4 is 39.9 Å². The first kappa shape index (κ1) is 20.4. The molecule has 8 nitrogen and oxygen atoms in total. The minimum atomic E-state index is -0.604. The molecular formula is C25H20N4O4. The number of nitrogens with one attached hydrogen (secondary N) is 1. The van der Waals surface area contributed by atoms with Crippen molar-refractivity contribution in [3.05, 3.63) is 83.8 Å². The third-order valence-corrected chi connectivity index (χ3v) is 5.21. The van der Waals surface area contributed by atoms with E-state index in [1.807, 2.05) is 55.5 Å². The largest absolute Gasteiger partial charge is 0.462 e. The lowest BCUT2D eigenvalue weighted by atomic mass is 10.2. The van der Waals surface area contributed by atoms with Gasteiger partial charge < -0.3 is 14.5 Å². The molecule has 0 saturated carbocycles. The van der Waals surface area contributed by atoms with Gasteiger partial charge in [0.05, 0.1) is 23.9 Å². The number of ether oxygens (including phenoxy) is 1. The Morgan fingerprint density at radius 3 is 2.39 bits per heavy atom. The number of benzene rings is 2. The van der Waals surface area contributed by atoms with Gasteiger partial charge in [-0.3, -0.25) is 9.36 Å². The highest BCUT2D eigenvalue weighted by molar-refractivity contribution is 6.13. The predicted octanol–water partition coefficient (Wildman–Crippen LogP) is 4.90.